The van der Waals surface area contributed by atoms with Crippen LogP contribution in [0.4, 0.5) is 4.79 Å². The van der Waals surface area contributed by atoms with E-state index in [9.17, 15) is 4.79 Å². The van der Waals surface area contributed by atoms with Crippen LogP contribution in [0.5, 0.6) is 5.75 Å². The number of nitrogens with zero attached hydrogens (tertiary/aromatic N) is 3. The first-order valence-corrected chi connectivity index (χ1v) is 10.1. The molecule has 172 valence electrons. The average molecular weight is 535 g/mol. The summed E-state index contributed by atoms with van der Waals surface area (Å²) in [6.07, 6.45) is 3.79. The van der Waals surface area contributed by atoms with Crippen LogP contribution in [0.2, 0.25) is 0 Å². The maximum atomic E-state index is 12.1. The third-order valence-electron chi connectivity index (χ3n) is 4.14. The summed E-state index contributed by atoms with van der Waals surface area (Å²) >= 11 is 0. The van der Waals surface area contributed by atoms with Gasteiger partial charge in [0.2, 0.25) is 0 Å². The molecule has 1 unspecified atom stereocenters. The molecule has 0 bridgehead atoms. The Labute approximate surface area is 198 Å². The molecule has 1 atom stereocenters. The van der Waals surface area contributed by atoms with Crippen LogP contribution in [-0.2, 0) is 4.74 Å². The van der Waals surface area contributed by atoms with Gasteiger partial charge in [-0.05, 0) is 45.2 Å². The smallest absolute Gasteiger partial charge is 0.407 e. The second kappa shape index (κ2) is 14.3. The largest absolute Gasteiger partial charge is 0.490 e. The second-order valence-electron chi connectivity index (χ2n) is 8.22. The minimum absolute atomic E-state index is 0. The highest BCUT2D eigenvalue weighted by Crippen LogP contribution is 2.11. The number of pyridine rings is 1. The zero-order valence-electron chi connectivity index (χ0n) is 19.3. The van der Waals surface area contributed by atoms with Gasteiger partial charge in [0.1, 0.15) is 18.0 Å². The van der Waals surface area contributed by atoms with Crippen LogP contribution < -0.4 is 15.4 Å². The molecule has 1 rings (SSSR count). The Balaban J connectivity index is 0.00000841. The number of amides is 1. The van der Waals surface area contributed by atoms with E-state index in [1.54, 1.807) is 19.4 Å². The van der Waals surface area contributed by atoms with E-state index >= 15 is 0 Å². The summed E-state index contributed by atoms with van der Waals surface area (Å²) in [5.41, 5.74) is -0.508. The van der Waals surface area contributed by atoms with Gasteiger partial charge < -0.3 is 25.0 Å². The van der Waals surface area contributed by atoms with Crippen molar-refractivity contribution in [3.63, 3.8) is 0 Å². The van der Waals surface area contributed by atoms with Gasteiger partial charge in [0.05, 0.1) is 12.7 Å². The normalized spacial score (nSPS) is 12.6. The van der Waals surface area contributed by atoms with E-state index in [4.69, 9.17) is 9.47 Å². The minimum atomic E-state index is -0.508. The van der Waals surface area contributed by atoms with Crippen molar-refractivity contribution in [2.24, 2.45) is 10.9 Å². The summed E-state index contributed by atoms with van der Waals surface area (Å²) in [7, 11) is 3.72. The van der Waals surface area contributed by atoms with E-state index in [2.05, 4.69) is 34.5 Å². The number of alkyl carbamates (subject to hydrolysis) is 1. The fourth-order valence-electron chi connectivity index (χ4n) is 2.62. The predicted octanol–water partition coefficient (Wildman–Crippen LogP) is 3.53. The third kappa shape index (κ3) is 12.0. The van der Waals surface area contributed by atoms with E-state index in [0.717, 1.165) is 24.7 Å². The van der Waals surface area contributed by atoms with Crippen molar-refractivity contribution >= 4 is 36.0 Å². The van der Waals surface area contributed by atoms with Crippen LogP contribution in [0.15, 0.2) is 29.5 Å². The highest BCUT2D eigenvalue weighted by molar-refractivity contribution is 14.0. The van der Waals surface area contributed by atoms with Gasteiger partial charge in [0, 0.05) is 32.9 Å². The number of ether oxygens (including phenoxy) is 2. The van der Waals surface area contributed by atoms with E-state index in [0.29, 0.717) is 19.1 Å². The van der Waals surface area contributed by atoms with Crippen molar-refractivity contribution in [3.05, 3.63) is 24.5 Å². The molecule has 9 heteroatoms. The maximum absolute atomic E-state index is 12.1. The summed E-state index contributed by atoms with van der Waals surface area (Å²) in [5, 5.41) is 6.26. The van der Waals surface area contributed by atoms with E-state index < -0.39 is 5.60 Å². The Morgan fingerprint density at radius 2 is 2.03 bits per heavy atom. The minimum Gasteiger partial charge on any atom is -0.490 e. The standard InChI is InChI=1S/C21H37N5O3.HI/c1-16(2)18(25-20(27)29-21(3,4)5)10-13-26(7)19(22-6)24-12-14-28-17-9-8-11-23-15-17;/h8-9,11,15-16,18H,10,12-14H2,1-7H3,(H,22,24)(H,25,27);1H. The Hall–Kier alpha value is -1.78. The van der Waals surface area contributed by atoms with Crippen LogP contribution in [0.1, 0.15) is 41.0 Å². The highest BCUT2D eigenvalue weighted by atomic mass is 127. The second-order valence-corrected chi connectivity index (χ2v) is 8.22. The number of guanidine groups is 1. The number of aliphatic imine (C=N–C) groups is 1. The van der Waals surface area contributed by atoms with Gasteiger partial charge in [0.25, 0.3) is 0 Å². The maximum Gasteiger partial charge on any atom is 0.407 e. The number of hydrogen-bond acceptors (Lipinski definition) is 5. The van der Waals surface area contributed by atoms with Gasteiger partial charge >= 0.3 is 6.09 Å². The zero-order chi connectivity index (χ0) is 21.9. The fourth-order valence-corrected chi connectivity index (χ4v) is 2.62. The van der Waals surface area contributed by atoms with E-state index in [1.165, 1.54) is 0 Å². The Morgan fingerprint density at radius 3 is 2.57 bits per heavy atom. The molecule has 30 heavy (non-hydrogen) atoms. The van der Waals surface area contributed by atoms with E-state index in [1.807, 2.05) is 44.9 Å². The molecule has 1 amide bonds. The van der Waals surface area contributed by atoms with Crippen LogP contribution in [0.3, 0.4) is 0 Å². The number of carbonyl (C=O) groups excluding carboxylic acids is 1. The number of rotatable bonds is 9. The van der Waals surface area contributed by atoms with Crippen molar-refractivity contribution in [1.82, 2.24) is 20.5 Å². The summed E-state index contributed by atoms with van der Waals surface area (Å²) in [5.74, 6) is 1.81. The molecule has 0 aromatic carbocycles. The number of carbonyl (C=O) groups is 1. The van der Waals surface area contributed by atoms with Crippen molar-refractivity contribution in [1.29, 1.82) is 0 Å². The van der Waals surface area contributed by atoms with Crippen molar-refractivity contribution < 1.29 is 14.3 Å². The number of hydrogen-bond donors (Lipinski definition) is 2. The fraction of sp³-hybridized carbons (Fsp3) is 0.667. The van der Waals surface area contributed by atoms with Crippen LogP contribution in [-0.4, -0.2) is 67.4 Å². The SMILES string of the molecule is CN=C(NCCOc1cccnc1)N(C)CCC(NC(=O)OC(C)(C)C)C(C)C.I. The summed E-state index contributed by atoms with van der Waals surface area (Å²) in [6, 6.07) is 3.73. The number of nitrogens with one attached hydrogen (secondary N) is 2. The molecule has 0 aliphatic heterocycles. The monoisotopic (exact) mass is 535 g/mol. The Kier molecular flexibility index (Phi) is 13.4. The van der Waals surface area contributed by atoms with Gasteiger partial charge in [-0.1, -0.05) is 13.8 Å². The highest BCUT2D eigenvalue weighted by Gasteiger charge is 2.22. The molecule has 0 saturated heterocycles. The van der Waals surface area contributed by atoms with Gasteiger partial charge in [-0.15, -0.1) is 24.0 Å². The van der Waals surface area contributed by atoms with Crippen LogP contribution >= 0.6 is 24.0 Å². The molecular formula is C21H38IN5O3. The lowest BCUT2D eigenvalue weighted by atomic mass is 10.0. The van der Waals surface area contributed by atoms with Crippen LogP contribution in [0, 0.1) is 5.92 Å². The summed E-state index contributed by atoms with van der Waals surface area (Å²) in [4.78, 5) is 22.5. The van der Waals surface area contributed by atoms with E-state index in [-0.39, 0.29) is 36.1 Å². The lowest BCUT2D eigenvalue weighted by Gasteiger charge is -2.28. The van der Waals surface area contributed by atoms with Crippen molar-refractivity contribution in [2.45, 2.75) is 52.7 Å². The molecule has 0 aliphatic carbocycles. The quantitative estimate of drug-likeness (QED) is 0.218. The predicted molar refractivity (Wildman–Crippen MR) is 132 cm³/mol. The molecule has 1 heterocycles. The summed E-state index contributed by atoms with van der Waals surface area (Å²) < 4.78 is 11.0. The molecular weight excluding hydrogens is 497 g/mol. The molecule has 0 fully saturated rings. The van der Waals surface area contributed by atoms with Gasteiger partial charge in [-0.25, -0.2) is 4.79 Å². The molecule has 8 nitrogen and oxygen atoms in total. The molecule has 1 aromatic heterocycles. The van der Waals surface area contributed by atoms with Gasteiger partial charge in [0.15, 0.2) is 5.96 Å². The first-order chi connectivity index (χ1) is 13.6. The molecule has 0 radical (unpaired) electrons. The molecule has 0 aliphatic rings. The third-order valence-corrected chi connectivity index (χ3v) is 4.14. The topological polar surface area (TPSA) is 88.1 Å². The Morgan fingerprint density at radius 1 is 1.33 bits per heavy atom. The van der Waals surface area contributed by atoms with Crippen LogP contribution in [0.25, 0.3) is 0 Å². The lowest BCUT2D eigenvalue weighted by molar-refractivity contribution is 0.0486. The van der Waals surface area contributed by atoms with Crippen molar-refractivity contribution in [2.75, 3.05) is 33.8 Å². The zero-order valence-corrected chi connectivity index (χ0v) is 21.6. The van der Waals surface area contributed by atoms with Crippen molar-refractivity contribution in [3.8, 4) is 5.75 Å². The first-order valence-electron chi connectivity index (χ1n) is 10.1. The summed E-state index contributed by atoms with van der Waals surface area (Å²) in [6.45, 7) is 11.6. The molecule has 0 spiro atoms. The Bertz CT molecular complexity index is 635. The average Bonchev–Trinajstić information content (AvgIpc) is 2.64. The van der Waals surface area contributed by atoms with Gasteiger partial charge in [-0.2, -0.15) is 0 Å². The van der Waals surface area contributed by atoms with Gasteiger partial charge in [-0.3, -0.25) is 9.98 Å². The lowest BCUT2D eigenvalue weighted by Crippen LogP contribution is -2.45. The first kappa shape index (κ1) is 28.2. The molecule has 0 saturated carbocycles. The molecule has 1 aromatic rings. The number of halogens is 1. The molecule has 2 N–H and O–H groups in total. The number of aromatic nitrogens is 1.